The number of imide groups is 1. The quantitative estimate of drug-likeness (QED) is 0.757. The Hall–Kier alpha value is -1.15. The van der Waals surface area contributed by atoms with Crippen molar-refractivity contribution in [1.29, 1.82) is 0 Å². The van der Waals surface area contributed by atoms with Crippen LogP contribution >= 0.6 is 35.1 Å². The first-order valence-corrected chi connectivity index (χ1v) is 9.79. The van der Waals surface area contributed by atoms with E-state index in [0.29, 0.717) is 33.6 Å². The number of halogens is 1. The predicted octanol–water partition coefficient (Wildman–Crippen LogP) is 3.48. The molecule has 2 aliphatic rings. The fourth-order valence-corrected chi connectivity index (χ4v) is 4.62. The van der Waals surface area contributed by atoms with Gasteiger partial charge in [-0.05, 0) is 48.9 Å². The molecule has 2 atom stereocenters. The molecule has 2 amide bonds. The maximum absolute atomic E-state index is 11.5. The summed E-state index contributed by atoms with van der Waals surface area (Å²) in [7, 11) is 0. The molecule has 1 aromatic carbocycles. The zero-order valence-corrected chi connectivity index (χ0v) is 15.4. The van der Waals surface area contributed by atoms with E-state index in [-0.39, 0.29) is 11.1 Å². The van der Waals surface area contributed by atoms with Crippen LogP contribution in [0.2, 0.25) is 5.02 Å². The van der Waals surface area contributed by atoms with Crippen molar-refractivity contribution in [2.45, 2.75) is 24.6 Å². The largest absolute Gasteiger partial charge is 0.492 e. The first kappa shape index (κ1) is 17.7. The summed E-state index contributed by atoms with van der Waals surface area (Å²) in [5, 5.41) is 6.31. The molecule has 0 aromatic heterocycles. The average Bonchev–Trinajstić information content (AvgIpc) is 3.07. The van der Waals surface area contributed by atoms with Gasteiger partial charge in [-0.3, -0.25) is 14.9 Å². The molecule has 2 heterocycles. The lowest BCUT2D eigenvalue weighted by Crippen LogP contribution is -2.27. The highest BCUT2D eigenvalue weighted by atomic mass is 35.5. The maximum atomic E-state index is 11.5. The van der Waals surface area contributed by atoms with Crippen molar-refractivity contribution in [2.75, 3.05) is 12.5 Å². The number of benzene rings is 1. The van der Waals surface area contributed by atoms with Crippen molar-refractivity contribution in [3.05, 3.63) is 33.7 Å². The third-order valence-electron chi connectivity index (χ3n) is 3.82. The molecule has 128 valence electrons. The van der Waals surface area contributed by atoms with Crippen LogP contribution in [0.25, 0.3) is 6.08 Å². The lowest BCUT2D eigenvalue weighted by Gasteiger charge is -2.15. The van der Waals surface area contributed by atoms with Crippen LogP contribution in [-0.2, 0) is 4.79 Å². The molecule has 0 spiro atoms. The first-order valence-electron chi connectivity index (χ1n) is 7.55. The zero-order chi connectivity index (χ0) is 17.1. The predicted molar refractivity (Wildman–Crippen MR) is 99.5 cm³/mol. The second-order valence-electron chi connectivity index (χ2n) is 5.52. The van der Waals surface area contributed by atoms with Crippen molar-refractivity contribution in [2.24, 2.45) is 0 Å². The van der Waals surface area contributed by atoms with E-state index < -0.39 is 0 Å². The summed E-state index contributed by atoms with van der Waals surface area (Å²) in [5.41, 5.74) is 0.754. The minimum absolute atomic E-state index is 0.356. The highest BCUT2D eigenvalue weighted by molar-refractivity contribution is 8.18. The van der Waals surface area contributed by atoms with Gasteiger partial charge >= 0.3 is 0 Å². The van der Waals surface area contributed by atoms with Gasteiger partial charge in [-0.2, -0.15) is 0 Å². The van der Waals surface area contributed by atoms with E-state index >= 15 is 0 Å². The summed E-state index contributed by atoms with van der Waals surface area (Å²) in [6, 6.07) is 5.84. The molecule has 0 aliphatic carbocycles. The van der Waals surface area contributed by atoms with Crippen LogP contribution < -0.4 is 15.4 Å². The highest BCUT2D eigenvalue weighted by Crippen LogP contribution is 2.30. The van der Waals surface area contributed by atoms with Gasteiger partial charge < -0.3 is 10.1 Å². The summed E-state index contributed by atoms with van der Waals surface area (Å²) in [4.78, 5) is 23.1. The van der Waals surface area contributed by atoms with Crippen LogP contribution in [0.15, 0.2) is 23.1 Å². The van der Waals surface area contributed by atoms with Gasteiger partial charge in [0.05, 0.1) is 16.5 Å². The molecule has 5 nitrogen and oxygen atoms in total. The number of hydrogen-bond donors (Lipinski definition) is 2. The normalized spacial score (nSPS) is 25.3. The molecule has 24 heavy (non-hydrogen) atoms. The molecular weight excluding hydrogens is 368 g/mol. The molecule has 2 N–H and O–H groups in total. The lowest BCUT2D eigenvalue weighted by molar-refractivity contribution is -0.115. The third-order valence-corrected chi connectivity index (χ3v) is 6.33. The summed E-state index contributed by atoms with van der Waals surface area (Å²) in [6.07, 6.45) is 2.60. The van der Waals surface area contributed by atoms with Gasteiger partial charge in [0.25, 0.3) is 11.1 Å². The van der Waals surface area contributed by atoms with Gasteiger partial charge in [-0.1, -0.05) is 17.7 Å². The smallest absolute Gasteiger partial charge is 0.290 e. The van der Waals surface area contributed by atoms with E-state index in [1.165, 1.54) is 0 Å². The molecule has 3 rings (SSSR count). The molecule has 0 radical (unpaired) electrons. The Balaban J connectivity index is 1.59. The Morgan fingerprint density at radius 3 is 2.88 bits per heavy atom. The molecular formula is C16H17ClN2O3S2. The van der Waals surface area contributed by atoms with E-state index in [4.69, 9.17) is 16.3 Å². The van der Waals surface area contributed by atoms with Crippen molar-refractivity contribution < 1.29 is 14.3 Å². The highest BCUT2D eigenvalue weighted by Gasteiger charge is 2.25. The Labute approximate surface area is 153 Å². The Bertz CT molecular complexity index is 696. The number of ether oxygens (including phenoxy) is 1. The second kappa shape index (κ2) is 7.82. The van der Waals surface area contributed by atoms with Gasteiger partial charge in [0.15, 0.2) is 0 Å². The summed E-state index contributed by atoms with van der Waals surface area (Å²) >= 11 is 9.05. The summed E-state index contributed by atoms with van der Waals surface area (Å²) in [6.45, 7) is 2.79. The van der Waals surface area contributed by atoms with Gasteiger partial charge in [-0.25, -0.2) is 0 Å². The Morgan fingerprint density at radius 1 is 1.42 bits per heavy atom. The van der Waals surface area contributed by atoms with Crippen LogP contribution in [0.4, 0.5) is 4.79 Å². The second-order valence-corrected chi connectivity index (χ2v) is 8.17. The number of amides is 2. The van der Waals surface area contributed by atoms with E-state index in [9.17, 15) is 9.59 Å². The monoisotopic (exact) mass is 384 g/mol. The molecule has 2 unspecified atom stereocenters. The molecule has 0 bridgehead atoms. The topological polar surface area (TPSA) is 67.4 Å². The van der Waals surface area contributed by atoms with Crippen LogP contribution in [0, 0.1) is 0 Å². The number of nitrogens with one attached hydrogen (secondary N) is 2. The maximum Gasteiger partial charge on any atom is 0.290 e. The number of carbonyl (C=O) groups excluding carboxylic acids is 2. The van der Waals surface area contributed by atoms with Crippen molar-refractivity contribution in [1.82, 2.24) is 10.6 Å². The van der Waals surface area contributed by atoms with E-state index in [1.807, 2.05) is 17.8 Å². The molecule has 1 aromatic rings. The number of hydrogen-bond acceptors (Lipinski definition) is 6. The van der Waals surface area contributed by atoms with Crippen molar-refractivity contribution in [3.63, 3.8) is 0 Å². The fraction of sp³-hybridized carbons (Fsp3) is 0.375. The van der Waals surface area contributed by atoms with Gasteiger partial charge in [0.2, 0.25) is 0 Å². The summed E-state index contributed by atoms with van der Waals surface area (Å²) in [5.74, 6) is 1.24. The molecule has 0 saturated carbocycles. The SMILES string of the molecule is CC1NCSC1CCOc1ccc(/C=C2/SC(=O)NC2=O)cc1Cl. The molecule has 8 heteroatoms. The van der Waals surface area contributed by atoms with Crippen LogP contribution in [0.5, 0.6) is 5.75 Å². The van der Waals surface area contributed by atoms with Gasteiger partial charge in [0.1, 0.15) is 5.75 Å². The van der Waals surface area contributed by atoms with Gasteiger partial charge in [-0.15, -0.1) is 11.8 Å². The van der Waals surface area contributed by atoms with Crippen molar-refractivity contribution in [3.8, 4) is 5.75 Å². The number of carbonyl (C=O) groups is 2. The third kappa shape index (κ3) is 4.27. The summed E-state index contributed by atoms with van der Waals surface area (Å²) < 4.78 is 5.78. The van der Waals surface area contributed by atoms with E-state index in [1.54, 1.807) is 18.2 Å². The first-order chi connectivity index (χ1) is 11.5. The molecule has 2 aliphatic heterocycles. The molecule has 2 saturated heterocycles. The minimum Gasteiger partial charge on any atom is -0.492 e. The number of thioether (sulfide) groups is 2. The molecule has 2 fully saturated rings. The van der Waals surface area contributed by atoms with Crippen molar-refractivity contribution >= 4 is 52.3 Å². The zero-order valence-electron chi connectivity index (χ0n) is 13.0. The Kier molecular flexibility index (Phi) is 5.76. The standard InChI is InChI=1S/C16H17ClN2O3S2/c1-9-13(23-8-18-9)4-5-22-12-3-2-10(6-11(12)17)7-14-15(20)19-16(21)24-14/h2-3,6-7,9,13,18H,4-5,8H2,1H3,(H,19,20,21)/b14-7+. The van der Waals surface area contributed by atoms with Crippen LogP contribution in [-0.4, -0.2) is 34.9 Å². The van der Waals surface area contributed by atoms with Crippen LogP contribution in [0.1, 0.15) is 18.9 Å². The Morgan fingerprint density at radius 2 is 2.25 bits per heavy atom. The minimum atomic E-state index is -0.377. The van der Waals surface area contributed by atoms with E-state index in [0.717, 1.165) is 29.6 Å². The average molecular weight is 385 g/mol. The van der Waals surface area contributed by atoms with Gasteiger partial charge in [0, 0.05) is 17.2 Å². The van der Waals surface area contributed by atoms with E-state index in [2.05, 4.69) is 17.6 Å². The number of rotatable bonds is 5. The fourth-order valence-electron chi connectivity index (χ4n) is 2.48. The van der Waals surface area contributed by atoms with Crippen LogP contribution in [0.3, 0.4) is 0 Å². The lowest BCUT2D eigenvalue weighted by atomic mass is 10.2.